The minimum Gasteiger partial charge on any atom is -0.497 e. The second kappa shape index (κ2) is 9.53. The van der Waals surface area contributed by atoms with Crippen LogP contribution in [0.5, 0.6) is 11.5 Å². The Bertz CT molecular complexity index is 1140. The summed E-state index contributed by atoms with van der Waals surface area (Å²) in [5, 5.41) is 2.79. The second-order valence-corrected chi connectivity index (χ2v) is 8.69. The molecule has 0 atom stereocenters. The highest BCUT2D eigenvalue weighted by molar-refractivity contribution is 7.92. The standard InChI is InChI=1S/C23H24N2O5S/c1-16(2)30-21-9-7-18(8-10-21)24-23(26)17-5-4-6-19(15-17)25-31(27,28)22-13-11-20(29-3)12-14-22/h4-16,25H,1-3H3,(H,24,26). The Balaban J connectivity index is 1.71. The summed E-state index contributed by atoms with van der Waals surface area (Å²) in [7, 11) is -2.30. The number of rotatable bonds is 8. The highest BCUT2D eigenvalue weighted by Gasteiger charge is 2.15. The topological polar surface area (TPSA) is 93.7 Å². The number of carbonyl (C=O) groups excluding carboxylic acids is 1. The van der Waals surface area contributed by atoms with Crippen molar-refractivity contribution in [3.8, 4) is 11.5 Å². The number of hydrogen-bond acceptors (Lipinski definition) is 5. The zero-order valence-electron chi connectivity index (χ0n) is 17.5. The molecule has 3 rings (SSSR count). The van der Waals surface area contributed by atoms with Gasteiger partial charge in [-0.25, -0.2) is 8.42 Å². The quantitative estimate of drug-likeness (QED) is 0.537. The van der Waals surface area contributed by atoms with E-state index in [-0.39, 0.29) is 22.6 Å². The largest absolute Gasteiger partial charge is 0.497 e. The van der Waals surface area contributed by atoms with Crippen LogP contribution < -0.4 is 19.5 Å². The molecule has 3 aromatic carbocycles. The molecule has 0 spiro atoms. The summed E-state index contributed by atoms with van der Waals surface area (Å²) < 4.78 is 38.4. The third-order valence-corrected chi connectivity index (χ3v) is 5.63. The van der Waals surface area contributed by atoms with Gasteiger partial charge in [0.15, 0.2) is 0 Å². The van der Waals surface area contributed by atoms with Gasteiger partial charge in [0.05, 0.1) is 18.1 Å². The number of sulfonamides is 1. The average molecular weight is 441 g/mol. The highest BCUT2D eigenvalue weighted by atomic mass is 32.2. The maximum atomic E-state index is 12.6. The fraction of sp³-hybridized carbons (Fsp3) is 0.174. The molecule has 0 heterocycles. The molecule has 0 aliphatic heterocycles. The summed E-state index contributed by atoms with van der Waals surface area (Å²) in [4.78, 5) is 12.7. The lowest BCUT2D eigenvalue weighted by Gasteiger charge is -2.12. The van der Waals surface area contributed by atoms with Gasteiger partial charge in [0.2, 0.25) is 0 Å². The molecule has 0 aliphatic rings. The van der Waals surface area contributed by atoms with E-state index in [2.05, 4.69) is 10.0 Å². The number of amides is 1. The first kappa shape index (κ1) is 22.2. The molecule has 0 saturated carbocycles. The first-order chi connectivity index (χ1) is 14.8. The lowest BCUT2D eigenvalue weighted by molar-refractivity contribution is 0.102. The number of benzene rings is 3. The van der Waals surface area contributed by atoms with E-state index in [9.17, 15) is 13.2 Å². The van der Waals surface area contributed by atoms with Crippen LogP contribution >= 0.6 is 0 Å². The predicted octanol–water partition coefficient (Wildman–Crippen LogP) is 4.54. The summed E-state index contributed by atoms with van der Waals surface area (Å²) in [6.45, 7) is 3.87. The van der Waals surface area contributed by atoms with Gasteiger partial charge in [-0.05, 0) is 80.6 Å². The van der Waals surface area contributed by atoms with E-state index in [4.69, 9.17) is 9.47 Å². The molecular formula is C23H24N2O5S. The number of methoxy groups -OCH3 is 1. The normalized spacial score (nSPS) is 11.1. The van der Waals surface area contributed by atoms with Crippen LogP contribution in [0.15, 0.2) is 77.7 Å². The van der Waals surface area contributed by atoms with Crippen LogP contribution in [-0.2, 0) is 10.0 Å². The van der Waals surface area contributed by atoms with Crippen molar-refractivity contribution in [3.05, 3.63) is 78.4 Å². The fourth-order valence-electron chi connectivity index (χ4n) is 2.79. The predicted molar refractivity (Wildman–Crippen MR) is 120 cm³/mol. The van der Waals surface area contributed by atoms with Gasteiger partial charge in [-0.3, -0.25) is 9.52 Å². The van der Waals surface area contributed by atoms with Crippen molar-refractivity contribution >= 4 is 27.3 Å². The van der Waals surface area contributed by atoms with Crippen LogP contribution in [0, 0.1) is 0 Å². The number of hydrogen-bond donors (Lipinski definition) is 2. The first-order valence-electron chi connectivity index (χ1n) is 9.62. The second-order valence-electron chi connectivity index (χ2n) is 7.01. The van der Waals surface area contributed by atoms with Gasteiger partial charge in [-0.1, -0.05) is 6.07 Å². The lowest BCUT2D eigenvalue weighted by atomic mass is 10.2. The molecule has 8 heteroatoms. The van der Waals surface area contributed by atoms with E-state index < -0.39 is 10.0 Å². The number of carbonyl (C=O) groups is 1. The van der Waals surface area contributed by atoms with Gasteiger partial charge in [0, 0.05) is 16.9 Å². The Labute approximate surface area is 182 Å². The van der Waals surface area contributed by atoms with Crippen molar-refractivity contribution in [3.63, 3.8) is 0 Å². The van der Waals surface area contributed by atoms with Crippen LogP contribution in [0.4, 0.5) is 11.4 Å². The summed E-state index contributed by atoms with van der Waals surface area (Å²) >= 11 is 0. The molecule has 0 fully saturated rings. The van der Waals surface area contributed by atoms with Crippen molar-refractivity contribution in [2.24, 2.45) is 0 Å². The number of ether oxygens (including phenoxy) is 2. The van der Waals surface area contributed by atoms with Crippen molar-refractivity contribution in [1.29, 1.82) is 0 Å². The molecule has 0 saturated heterocycles. The number of nitrogens with one attached hydrogen (secondary N) is 2. The van der Waals surface area contributed by atoms with Crippen molar-refractivity contribution < 1.29 is 22.7 Å². The Hall–Kier alpha value is -3.52. The van der Waals surface area contributed by atoms with Crippen LogP contribution in [0.25, 0.3) is 0 Å². The molecule has 2 N–H and O–H groups in total. The first-order valence-corrected chi connectivity index (χ1v) is 11.1. The summed E-state index contributed by atoms with van der Waals surface area (Å²) in [5.41, 5.74) is 1.20. The van der Waals surface area contributed by atoms with Gasteiger partial charge < -0.3 is 14.8 Å². The molecule has 0 bridgehead atoms. The summed E-state index contributed by atoms with van der Waals surface area (Å²) in [6.07, 6.45) is 0.0601. The van der Waals surface area contributed by atoms with Gasteiger partial charge in [-0.15, -0.1) is 0 Å². The maximum Gasteiger partial charge on any atom is 0.261 e. The SMILES string of the molecule is COc1ccc(S(=O)(=O)Nc2cccc(C(=O)Nc3ccc(OC(C)C)cc3)c2)cc1. The van der Waals surface area contributed by atoms with Gasteiger partial charge in [0.25, 0.3) is 15.9 Å². The van der Waals surface area contributed by atoms with E-state index >= 15 is 0 Å². The van der Waals surface area contributed by atoms with Crippen molar-refractivity contribution in [2.75, 3.05) is 17.1 Å². The van der Waals surface area contributed by atoms with Crippen LogP contribution in [0.3, 0.4) is 0 Å². The van der Waals surface area contributed by atoms with Crippen LogP contribution in [-0.4, -0.2) is 27.5 Å². The molecule has 3 aromatic rings. The molecule has 0 radical (unpaired) electrons. The van der Waals surface area contributed by atoms with Crippen molar-refractivity contribution in [2.45, 2.75) is 24.8 Å². The Kier molecular flexibility index (Phi) is 6.81. The average Bonchev–Trinajstić information content (AvgIpc) is 2.74. The third-order valence-electron chi connectivity index (χ3n) is 4.23. The van der Waals surface area contributed by atoms with Gasteiger partial charge >= 0.3 is 0 Å². The molecule has 0 unspecified atom stereocenters. The van der Waals surface area contributed by atoms with E-state index in [0.717, 1.165) is 0 Å². The number of anilines is 2. The molecule has 1 amide bonds. The van der Waals surface area contributed by atoms with E-state index in [0.29, 0.717) is 22.7 Å². The molecule has 7 nitrogen and oxygen atoms in total. The smallest absolute Gasteiger partial charge is 0.261 e. The fourth-order valence-corrected chi connectivity index (χ4v) is 3.83. The Morgan fingerprint density at radius 1 is 0.871 bits per heavy atom. The monoisotopic (exact) mass is 440 g/mol. The Morgan fingerprint density at radius 3 is 2.13 bits per heavy atom. The maximum absolute atomic E-state index is 12.6. The Morgan fingerprint density at radius 2 is 1.52 bits per heavy atom. The van der Waals surface area contributed by atoms with E-state index in [1.54, 1.807) is 54.6 Å². The third kappa shape index (κ3) is 5.99. The van der Waals surface area contributed by atoms with E-state index in [1.165, 1.54) is 25.3 Å². The van der Waals surface area contributed by atoms with E-state index in [1.807, 2.05) is 13.8 Å². The molecule has 162 valence electrons. The highest BCUT2D eigenvalue weighted by Crippen LogP contribution is 2.21. The molecule has 0 aliphatic carbocycles. The molecular weight excluding hydrogens is 416 g/mol. The van der Waals surface area contributed by atoms with Crippen LogP contribution in [0.1, 0.15) is 24.2 Å². The van der Waals surface area contributed by atoms with Crippen LogP contribution in [0.2, 0.25) is 0 Å². The van der Waals surface area contributed by atoms with Crippen molar-refractivity contribution in [1.82, 2.24) is 0 Å². The van der Waals surface area contributed by atoms with Gasteiger partial charge in [0.1, 0.15) is 11.5 Å². The minimum atomic E-state index is -3.81. The zero-order chi connectivity index (χ0) is 22.4. The zero-order valence-corrected chi connectivity index (χ0v) is 18.3. The van der Waals surface area contributed by atoms with Gasteiger partial charge in [-0.2, -0.15) is 0 Å². The minimum absolute atomic E-state index is 0.0601. The molecule has 31 heavy (non-hydrogen) atoms. The summed E-state index contributed by atoms with van der Waals surface area (Å²) in [6, 6.07) is 19.3. The lowest BCUT2D eigenvalue weighted by Crippen LogP contribution is -2.15. The molecule has 0 aromatic heterocycles. The summed E-state index contributed by atoms with van der Waals surface area (Å²) in [5.74, 6) is 0.910.